The third-order valence-corrected chi connectivity index (χ3v) is 2.69. The molecule has 6 nitrogen and oxygen atoms in total. The Hall–Kier alpha value is -1.95. The maximum Gasteiger partial charge on any atom is 0.319 e. The van der Waals surface area contributed by atoms with Crippen LogP contribution in [0.3, 0.4) is 0 Å². The van der Waals surface area contributed by atoms with Gasteiger partial charge in [0.05, 0.1) is 6.10 Å². The molecule has 0 bridgehead atoms. The Bertz CT molecular complexity index is 462. The van der Waals surface area contributed by atoms with Crippen LogP contribution in [-0.4, -0.2) is 32.1 Å². The first kappa shape index (κ1) is 14.5. The number of ether oxygens (including phenoxy) is 3. The monoisotopic (exact) mass is 280 g/mol. The second-order valence-corrected chi connectivity index (χ2v) is 4.72. The highest BCUT2D eigenvalue weighted by molar-refractivity contribution is 5.89. The molecule has 0 radical (unpaired) electrons. The van der Waals surface area contributed by atoms with Gasteiger partial charge in [-0.1, -0.05) is 0 Å². The summed E-state index contributed by atoms with van der Waals surface area (Å²) in [5.74, 6) is 1.34. The highest BCUT2D eigenvalue weighted by atomic mass is 16.7. The molecule has 0 unspecified atom stereocenters. The molecule has 110 valence electrons. The van der Waals surface area contributed by atoms with E-state index in [1.54, 1.807) is 18.2 Å². The van der Waals surface area contributed by atoms with Crippen molar-refractivity contribution in [1.82, 2.24) is 5.32 Å². The van der Waals surface area contributed by atoms with Crippen LogP contribution in [0, 0.1) is 0 Å². The lowest BCUT2D eigenvalue weighted by atomic mass is 10.3. The van der Waals surface area contributed by atoms with Crippen LogP contribution in [0.2, 0.25) is 0 Å². The van der Waals surface area contributed by atoms with E-state index in [1.165, 1.54) is 0 Å². The first-order valence-corrected chi connectivity index (χ1v) is 6.71. The van der Waals surface area contributed by atoms with E-state index in [2.05, 4.69) is 10.6 Å². The summed E-state index contributed by atoms with van der Waals surface area (Å²) < 4.78 is 15.8. The third-order valence-electron chi connectivity index (χ3n) is 2.69. The Kier molecular flexibility index (Phi) is 5.06. The summed E-state index contributed by atoms with van der Waals surface area (Å²) in [6.45, 7) is 5.41. The van der Waals surface area contributed by atoms with Crippen molar-refractivity contribution in [1.29, 1.82) is 0 Å². The van der Waals surface area contributed by atoms with Gasteiger partial charge in [0.1, 0.15) is 0 Å². The summed E-state index contributed by atoms with van der Waals surface area (Å²) in [4.78, 5) is 11.7. The maximum atomic E-state index is 11.7. The third kappa shape index (κ3) is 4.31. The van der Waals surface area contributed by atoms with Crippen LogP contribution in [0.4, 0.5) is 10.5 Å². The highest BCUT2D eigenvalue weighted by Gasteiger charge is 2.13. The van der Waals surface area contributed by atoms with E-state index >= 15 is 0 Å². The van der Waals surface area contributed by atoms with E-state index in [4.69, 9.17) is 14.2 Å². The number of amides is 2. The fourth-order valence-electron chi connectivity index (χ4n) is 1.74. The second kappa shape index (κ2) is 7.00. The molecule has 0 saturated heterocycles. The Balaban J connectivity index is 1.69. The average Bonchev–Trinajstić information content (AvgIpc) is 2.85. The maximum absolute atomic E-state index is 11.7. The molecule has 2 N–H and O–H groups in total. The van der Waals surface area contributed by atoms with Gasteiger partial charge < -0.3 is 24.8 Å². The minimum absolute atomic E-state index is 0.220. The summed E-state index contributed by atoms with van der Waals surface area (Å²) in [7, 11) is 0. The van der Waals surface area contributed by atoms with Crippen molar-refractivity contribution < 1.29 is 19.0 Å². The molecule has 0 fully saturated rings. The van der Waals surface area contributed by atoms with Crippen molar-refractivity contribution in [2.45, 2.75) is 26.4 Å². The van der Waals surface area contributed by atoms with Crippen LogP contribution in [0.25, 0.3) is 0 Å². The molecule has 1 aliphatic heterocycles. The molecule has 0 atom stereocenters. The molecule has 1 aliphatic rings. The molecule has 0 saturated carbocycles. The van der Waals surface area contributed by atoms with Gasteiger partial charge in [0.15, 0.2) is 11.5 Å². The molecule has 1 aromatic carbocycles. The number of carbonyl (C=O) groups is 1. The lowest BCUT2D eigenvalue weighted by molar-refractivity contribution is 0.0775. The highest BCUT2D eigenvalue weighted by Crippen LogP contribution is 2.34. The topological polar surface area (TPSA) is 68.8 Å². The van der Waals surface area contributed by atoms with Crippen molar-refractivity contribution in [2.75, 3.05) is 25.3 Å². The lowest BCUT2D eigenvalue weighted by Crippen LogP contribution is -2.30. The van der Waals surface area contributed by atoms with Gasteiger partial charge >= 0.3 is 6.03 Å². The van der Waals surface area contributed by atoms with Gasteiger partial charge in [0.2, 0.25) is 6.79 Å². The van der Waals surface area contributed by atoms with E-state index in [1.807, 2.05) is 13.8 Å². The van der Waals surface area contributed by atoms with Crippen LogP contribution < -0.4 is 20.1 Å². The van der Waals surface area contributed by atoms with E-state index in [0.29, 0.717) is 30.3 Å². The number of hydrogen-bond donors (Lipinski definition) is 2. The zero-order valence-corrected chi connectivity index (χ0v) is 11.8. The van der Waals surface area contributed by atoms with Crippen LogP contribution in [0.5, 0.6) is 11.5 Å². The predicted octanol–water partition coefficient (Wildman–Crippen LogP) is 2.35. The van der Waals surface area contributed by atoms with Crippen molar-refractivity contribution >= 4 is 11.7 Å². The Morgan fingerprint density at radius 3 is 2.95 bits per heavy atom. The van der Waals surface area contributed by atoms with Crippen LogP contribution >= 0.6 is 0 Å². The number of hydrogen-bond acceptors (Lipinski definition) is 4. The first-order valence-electron chi connectivity index (χ1n) is 6.71. The molecule has 0 aromatic heterocycles. The SMILES string of the molecule is CC(C)OCCCNC(=O)Nc1ccc2c(c1)OCO2. The molecule has 2 rings (SSSR count). The Labute approximate surface area is 118 Å². The molecular formula is C14H20N2O4. The number of benzene rings is 1. The van der Waals surface area contributed by atoms with Crippen molar-refractivity contribution in [3.63, 3.8) is 0 Å². The minimum atomic E-state index is -0.242. The summed E-state index contributed by atoms with van der Waals surface area (Å²) in [5, 5.41) is 5.52. The zero-order valence-electron chi connectivity index (χ0n) is 11.8. The van der Waals surface area contributed by atoms with E-state index < -0.39 is 0 Å². The van der Waals surface area contributed by atoms with Crippen LogP contribution in [0.1, 0.15) is 20.3 Å². The molecule has 2 amide bonds. The van der Waals surface area contributed by atoms with E-state index in [-0.39, 0.29) is 18.9 Å². The van der Waals surface area contributed by atoms with Crippen molar-refractivity contribution in [3.05, 3.63) is 18.2 Å². The van der Waals surface area contributed by atoms with Crippen molar-refractivity contribution in [3.8, 4) is 11.5 Å². The van der Waals surface area contributed by atoms with Gasteiger partial charge in [-0.3, -0.25) is 0 Å². The lowest BCUT2D eigenvalue weighted by Gasteiger charge is -2.09. The van der Waals surface area contributed by atoms with E-state index in [0.717, 1.165) is 6.42 Å². The van der Waals surface area contributed by atoms with Gasteiger partial charge in [-0.05, 0) is 32.4 Å². The molecule has 1 heterocycles. The predicted molar refractivity (Wildman–Crippen MR) is 75.3 cm³/mol. The minimum Gasteiger partial charge on any atom is -0.454 e. The second-order valence-electron chi connectivity index (χ2n) is 4.72. The van der Waals surface area contributed by atoms with Gasteiger partial charge in [-0.2, -0.15) is 0 Å². The normalized spacial score (nSPS) is 12.6. The number of fused-ring (bicyclic) bond motifs is 1. The van der Waals surface area contributed by atoms with E-state index in [9.17, 15) is 4.79 Å². The summed E-state index contributed by atoms with van der Waals surface area (Å²) in [6, 6.07) is 5.04. The Morgan fingerprint density at radius 1 is 1.35 bits per heavy atom. The van der Waals surface area contributed by atoms with Crippen LogP contribution in [-0.2, 0) is 4.74 Å². The number of nitrogens with one attached hydrogen (secondary N) is 2. The van der Waals surface area contributed by atoms with Gasteiger partial charge in [-0.25, -0.2) is 4.79 Å². The summed E-state index contributed by atoms with van der Waals surface area (Å²) >= 11 is 0. The molecular weight excluding hydrogens is 260 g/mol. The van der Waals surface area contributed by atoms with Crippen molar-refractivity contribution in [2.24, 2.45) is 0 Å². The fraction of sp³-hybridized carbons (Fsp3) is 0.500. The summed E-state index contributed by atoms with van der Waals surface area (Å²) in [5.41, 5.74) is 0.671. The average molecular weight is 280 g/mol. The summed E-state index contributed by atoms with van der Waals surface area (Å²) in [6.07, 6.45) is 1.00. The number of anilines is 1. The number of rotatable bonds is 6. The molecule has 20 heavy (non-hydrogen) atoms. The van der Waals surface area contributed by atoms with Gasteiger partial charge in [0, 0.05) is 24.9 Å². The fourth-order valence-corrected chi connectivity index (χ4v) is 1.74. The molecule has 6 heteroatoms. The number of carbonyl (C=O) groups excluding carboxylic acids is 1. The molecule has 0 aliphatic carbocycles. The van der Waals surface area contributed by atoms with Crippen LogP contribution in [0.15, 0.2) is 18.2 Å². The Morgan fingerprint density at radius 2 is 2.15 bits per heavy atom. The van der Waals surface area contributed by atoms with Gasteiger partial charge in [-0.15, -0.1) is 0 Å². The first-order chi connectivity index (χ1) is 9.65. The zero-order chi connectivity index (χ0) is 14.4. The molecule has 0 spiro atoms. The quantitative estimate of drug-likeness (QED) is 0.785. The molecule has 1 aromatic rings. The van der Waals surface area contributed by atoms with Gasteiger partial charge in [0.25, 0.3) is 0 Å². The largest absolute Gasteiger partial charge is 0.454 e. The smallest absolute Gasteiger partial charge is 0.319 e. The number of urea groups is 1. The standard InChI is InChI=1S/C14H20N2O4/c1-10(2)18-7-3-6-15-14(17)16-11-4-5-12-13(8-11)20-9-19-12/h4-5,8,10H,3,6-7,9H2,1-2H3,(H2,15,16,17).